The summed E-state index contributed by atoms with van der Waals surface area (Å²) in [7, 11) is -9.06. The highest BCUT2D eigenvalue weighted by Gasteiger charge is 2.38. The van der Waals surface area contributed by atoms with Gasteiger partial charge in [-0.3, -0.25) is 4.52 Å². The molecule has 1 aliphatic carbocycles. The number of nitrogens with one attached hydrogen (secondary N) is 1. The summed E-state index contributed by atoms with van der Waals surface area (Å²) in [6, 6.07) is 7.89. The molecule has 1 amide bonds. The fourth-order valence-electron chi connectivity index (χ4n) is 4.30. The van der Waals surface area contributed by atoms with E-state index < -0.39 is 54.0 Å². The average molecular weight is 574 g/mol. The number of alkyl carbamates (subject to hydrolysis) is 1. The Morgan fingerprint density at radius 2 is 2.05 bits per heavy atom. The van der Waals surface area contributed by atoms with E-state index >= 15 is 0 Å². The molecule has 1 aromatic carbocycles. The maximum Gasteiger partial charge on any atom is 0.469 e. The number of nitrogens with zero attached hydrogens (tertiary/aromatic N) is 1. The first kappa shape index (κ1) is 30.3. The lowest BCUT2D eigenvalue weighted by Crippen LogP contribution is -2.53. The summed E-state index contributed by atoms with van der Waals surface area (Å²) in [6.45, 7) is 2.16. The lowest BCUT2D eigenvalue weighted by atomic mass is 10.0. The number of sulfonamides is 1. The van der Waals surface area contributed by atoms with Crippen LogP contribution in [0, 0.1) is 0 Å². The van der Waals surface area contributed by atoms with Crippen molar-refractivity contribution in [3.63, 3.8) is 0 Å². The highest BCUT2D eigenvalue weighted by Crippen LogP contribution is 2.39. The number of rotatable bonds is 13. The van der Waals surface area contributed by atoms with Crippen molar-refractivity contribution in [1.29, 1.82) is 0 Å². The zero-order valence-corrected chi connectivity index (χ0v) is 22.9. The highest BCUT2D eigenvalue weighted by atomic mass is 32.2. The van der Waals surface area contributed by atoms with Gasteiger partial charge in [0.05, 0.1) is 24.5 Å². The first-order valence-electron chi connectivity index (χ1n) is 12.4. The summed E-state index contributed by atoms with van der Waals surface area (Å²) in [5.74, 6) is 0. The molecule has 3 unspecified atom stereocenters. The van der Waals surface area contributed by atoms with Gasteiger partial charge in [-0.1, -0.05) is 49.4 Å². The van der Waals surface area contributed by atoms with Gasteiger partial charge in [0, 0.05) is 25.2 Å². The number of phosphoric acid groups is 1. The van der Waals surface area contributed by atoms with Gasteiger partial charge in [0.25, 0.3) is 0 Å². The molecular formula is C24H36N3O9PS. The smallest absolute Gasteiger partial charge is 0.444 e. The van der Waals surface area contributed by atoms with Crippen LogP contribution in [0.5, 0.6) is 0 Å². The molecule has 1 saturated heterocycles. The minimum absolute atomic E-state index is 0.0782. The van der Waals surface area contributed by atoms with E-state index in [0.717, 1.165) is 9.87 Å². The monoisotopic (exact) mass is 573 g/mol. The van der Waals surface area contributed by atoms with Crippen LogP contribution in [0.25, 0.3) is 0 Å². The van der Waals surface area contributed by atoms with E-state index in [4.69, 9.17) is 19.7 Å². The number of benzene rings is 1. The molecule has 2 aliphatic rings. The average Bonchev–Trinajstić information content (AvgIpc) is 3.36. The number of phosphoric ester groups is 1. The van der Waals surface area contributed by atoms with E-state index in [1.54, 1.807) is 43.3 Å². The minimum Gasteiger partial charge on any atom is -0.444 e. The van der Waals surface area contributed by atoms with Crippen molar-refractivity contribution >= 4 is 23.9 Å². The molecule has 5 N–H and O–H groups in total. The van der Waals surface area contributed by atoms with E-state index in [-0.39, 0.29) is 26.0 Å². The third-order valence-corrected chi connectivity index (χ3v) is 8.88. The molecule has 3 rings (SSSR count). The van der Waals surface area contributed by atoms with E-state index in [1.165, 1.54) is 12.2 Å². The van der Waals surface area contributed by atoms with Gasteiger partial charge in [0.2, 0.25) is 10.0 Å². The molecule has 1 aromatic rings. The Balaban J connectivity index is 1.90. The number of carbonyl (C=O) groups excluding carboxylic acids is 1. The van der Waals surface area contributed by atoms with Crippen molar-refractivity contribution in [2.45, 2.75) is 56.1 Å². The normalized spacial score (nSPS) is 21.6. The molecule has 0 bridgehead atoms. The van der Waals surface area contributed by atoms with Crippen LogP contribution in [0.1, 0.15) is 31.7 Å². The van der Waals surface area contributed by atoms with E-state index in [1.807, 2.05) is 0 Å². The second-order valence-electron chi connectivity index (χ2n) is 9.21. The maximum atomic E-state index is 13.5. The van der Waals surface area contributed by atoms with Crippen LogP contribution >= 0.6 is 7.82 Å². The molecule has 12 nitrogen and oxygen atoms in total. The molecule has 0 spiro atoms. The van der Waals surface area contributed by atoms with Gasteiger partial charge in [-0.2, -0.15) is 4.31 Å². The summed E-state index contributed by atoms with van der Waals surface area (Å²) in [4.78, 5) is 32.2. The van der Waals surface area contributed by atoms with E-state index in [0.29, 0.717) is 25.1 Å². The van der Waals surface area contributed by atoms with Crippen molar-refractivity contribution in [3.05, 3.63) is 59.8 Å². The zero-order valence-electron chi connectivity index (χ0n) is 21.2. The Kier molecular flexibility index (Phi) is 10.9. The van der Waals surface area contributed by atoms with E-state index in [2.05, 4.69) is 5.32 Å². The second kappa shape index (κ2) is 13.7. The summed E-state index contributed by atoms with van der Waals surface area (Å²) >= 11 is 0. The van der Waals surface area contributed by atoms with E-state index in [9.17, 15) is 27.6 Å². The first-order chi connectivity index (χ1) is 18.0. The Bertz CT molecular complexity index is 1130. The molecule has 14 heteroatoms. The Labute approximate surface area is 223 Å². The molecule has 0 saturated carbocycles. The minimum atomic E-state index is -5.09. The summed E-state index contributed by atoms with van der Waals surface area (Å²) in [5, 5.41) is 1.75. The first-order valence-corrected chi connectivity index (χ1v) is 15.5. The quantitative estimate of drug-likeness (QED) is 0.254. The number of nitrogens with two attached hydrogens (primary N) is 1. The number of amides is 1. The van der Waals surface area contributed by atoms with Gasteiger partial charge in [-0.15, -0.1) is 0 Å². The van der Waals surface area contributed by atoms with Gasteiger partial charge in [-0.25, -0.2) is 17.8 Å². The van der Waals surface area contributed by atoms with Gasteiger partial charge in [0.15, 0.2) is 0 Å². The molecule has 1 aliphatic heterocycles. The highest BCUT2D eigenvalue weighted by molar-refractivity contribution is 7.89. The number of hydrogen-bond donors (Lipinski definition) is 4. The van der Waals surface area contributed by atoms with Crippen molar-refractivity contribution < 1.29 is 41.6 Å². The third kappa shape index (κ3) is 9.19. The Morgan fingerprint density at radius 3 is 2.63 bits per heavy atom. The van der Waals surface area contributed by atoms with Crippen LogP contribution in [0.2, 0.25) is 0 Å². The molecule has 1 heterocycles. The predicted octanol–water partition coefficient (Wildman–Crippen LogP) is 1.80. The topological polar surface area (TPSA) is 178 Å². The SMILES string of the molecule is CCCN(CC(OP(=O)(O)O)[C@H](Cc1ccccc1)NC(=O)OC1CCOC1)S(=O)(=O)C1C=CC(N)=CC1. The summed E-state index contributed by atoms with van der Waals surface area (Å²) in [6.07, 6.45) is 3.17. The molecule has 212 valence electrons. The van der Waals surface area contributed by atoms with Crippen LogP contribution < -0.4 is 11.1 Å². The van der Waals surface area contributed by atoms with Crippen molar-refractivity contribution in [2.24, 2.45) is 5.73 Å². The molecule has 0 aromatic heterocycles. The van der Waals surface area contributed by atoms with Crippen LogP contribution in [-0.4, -0.2) is 78.4 Å². The number of allylic oxidation sites excluding steroid dienone is 2. The summed E-state index contributed by atoms with van der Waals surface area (Å²) in [5.41, 5.74) is 6.94. The maximum absolute atomic E-state index is 13.5. The molecular weight excluding hydrogens is 537 g/mol. The van der Waals surface area contributed by atoms with Crippen LogP contribution in [0.15, 0.2) is 54.3 Å². The van der Waals surface area contributed by atoms with Crippen molar-refractivity contribution in [1.82, 2.24) is 9.62 Å². The van der Waals surface area contributed by atoms with Gasteiger partial charge in [-0.05, 0) is 30.9 Å². The second-order valence-corrected chi connectivity index (χ2v) is 12.6. The van der Waals surface area contributed by atoms with Crippen molar-refractivity contribution in [2.75, 3.05) is 26.3 Å². The molecule has 4 atom stereocenters. The fraction of sp³-hybridized carbons (Fsp3) is 0.542. The number of carbonyl (C=O) groups is 1. The van der Waals surface area contributed by atoms with Crippen molar-refractivity contribution in [3.8, 4) is 0 Å². The van der Waals surface area contributed by atoms with Crippen LogP contribution in [0.4, 0.5) is 4.79 Å². The van der Waals surface area contributed by atoms with Gasteiger partial charge in [0.1, 0.15) is 12.2 Å². The zero-order chi connectivity index (χ0) is 27.8. The van der Waals surface area contributed by atoms with Crippen LogP contribution in [-0.2, 0) is 35.0 Å². The number of ether oxygens (including phenoxy) is 2. The predicted molar refractivity (Wildman–Crippen MR) is 140 cm³/mol. The largest absolute Gasteiger partial charge is 0.469 e. The molecule has 0 radical (unpaired) electrons. The lowest BCUT2D eigenvalue weighted by molar-refractivity contribution is 0.0608. The fourth-order valence-corrected chi connectivity index (χ4v) is 6.66. The Hall–Kier alpha value is -2.25. The lowest BCUT2D eigenvalue weighted by Gasteiger charge is -2.34. The van der Waals surface area contributed by atoms with Gasteiger partial charge < -0.3 is 30.3 Å². The summed E-state index contributed by atoms with van der Waals surface area (Å²) < 4.78 is 56.0. The Morgan fingerprint density at radius 1 is 1.32 bits per heavy atom. The van der Waals surface area contributed by atoms with Crippen LogP contribution in [0.3, 0.4) is 0 Å². The standard InChI is InChI=1S/C24H36N3O9PS/c1-2-13-27(38(32,33)21-10-8-19(25)9-11-21)16-23(36-37(29,30)31)22(15-18-6-4-3-5-7-18)26-24(28)35-20-12-14-34-17-20/h3-10,20-23H,2,11-17,25H2,1H3,(H,26,28)(H2,29,30,31)/t20?,21?,22-,23?/m0/s1. The molecule has 1 fully saturated rings. The van der Waals surface area contributed by atoms with Gasteiger partial charge >= 0.3 is 13.9 Å². The third-order valence-electron chi connectivity index (χ3n) is 6.17. The number of hydrogen-bond acceptors (Lipinski definition) is 8. The molecule has 38 heavy (non-hydrogen) atoms.